The Morgan fingerprint density at radius 2 is 2.29 bits per heavy atom. The zero-order chi connectivity index (χ0) is 14.9. The van der Waals surface area contributed by atoms with Crippen LogP contribution in [0.5, 0.6) is 0 Å². The highest BCUT2D eigenvalue weighted by Crippen LogP contribution is 2.37. The van der Waals surface area contributed by atoms with Crippen molar-refractivity contribution in [3.05, 3.63) is 11.7 Å². The molecule has 2 aliphatic rings. The minimum Gasteiger partial charge on any atom is -0.367 e. The van der Waals surface area contributed by atoms with Crippen LogP contribution >= 0.6 is 0 Å². The molecule has 2 N–H and O–H groups in total. The Kier molecular flexibility index (Phi) is 4.28. The number of aromatic nitrogens is 2. The number of nitrogens with zero attached hydrogens (tertiary/aromatic N) is 3. The molecule has 0 aromatic carbocycles. The molecule has 6 nitrogen and oxygen atoms in total. The van der Waals surface area contributed by atoms with Gasteiger partial charge in [0.15, 0.2) is 0 Å². The van der Waals surface area contributed by atoms with Gasteiger partial charge in [-0.05, 0) is 26.3 Å². The van der Waals surface area contributed by atoms with E-state index in [-0.39, 0.29) is 17.6 Å². The van der Waals surface area contributed by atoms with Crippen LogP contribution in [-0.2, 0) is 10.2 Å². The lowest BCUT2D eigenvalue weighted by molar-refractivity contribution is -0.0334. The molecule has 21 heavy (non-hydrogen) atoms. The first-order valence-corrected chi connectivity index (χ1v) is 8.07. The van der Waals surface area contributed by atoms with E-state index in [1.807, 2.05) is 0 Å². The number of ether oxygens (including phenoxy) is 1. The molecule has 2 fully saturated rings. The second-order valence-electron chi connectivity index (χ2n) is 6.48. The third-order valence-corrected chi connectivity index (χ3v) is 5.10. The summed E-state index contributed by atoms with van der Waals surface area (Å²) in [6, 6.07) is 0.0963. The van der Waals surface area contributed by atoms with Crippen LogP contribution in [0.15, 0.2) is 4.52 Å². The van der Waals surface area contributed by atoms with Crippen LogP contribution in [0.2, 0.25) is 0 Å². The number of morpholine rings is 1. The van der Waals surface area contributed by atoms with Gasteiger partial charge in [0.1, 0.15) is 6.10 Å². The average molecular weight is 294 g/mol. The van der Waals surface area contributed by atoms with Gasteiger partial charge in [-0.2, -0.15) is 4.98 Å². The number of nitrogens with two attached hydrogens (primary N) is 1. The lowest BCUT2D eigenvalue weighted by Crippen LogP contribution is -2.45. The third-order valence-electron chi connectivity index (χ3n) is 5.10. The van der Waals surface area contributed by atoms with E-state index in [0.29, 0.717) is 11.7 Å². The SMILES string of the molecule is CCN1CCOC(c2noc(C3(C)CCCCC3N)n2)C1. The van der Waals surface area contributed by atoms with Crippen molar-refractivity contribution in [3.63, 3.8) is 0 Å². The molecule has 1 saturated heterocycles. The fourth-order valence-electron chi connectivity index (χ4n) is 3.37. The average Bonchev–Trinajstić information content (AvgIpc) is 3.01. The zero-order valence-corrected chi connectivity index (χ0v) is 13.0. The van der Waals surface area contributed by atoms with Gasteiger partial charge in [-0.1, -0.05) is 24.9 Å². The quantitative estimate of drug-likeness (QED) is 0.913. The molecule has 118 valence electrons. The molecular weight excluding hydrogens is 268 g/mol. The molecule has 0 radical (unpaired) electrons. The number of likely N-dealkylation sites (N-methyl/N-ethyl adjacent to an activating group) is 1. The van der Waals surface area contributed by atoms with Crippen molar-refractivity contribution in [1.82, 2.24) is 15.0 Å². The predicted molar refractivity (Wildman–Crippen MR) is 78.9 cm³/mol. The van der Waals surface area contributed by atoms with Crippen LogP contribution in [-0.4, -0.2) is 47.3 Å². The highest BCUT2D eigenvalue weighted by atomic mass is 16.5. The van der Waals surface area contributed by atoms with Crippen LogP contribution in [0.3, 0.4) is 0 Å². The van der Waals surface area contributed by atoms with Crippen LogP contribution in [0.4, 0.5) is 0 Å². The molecule has 0 amide bonds. The van der Waals surface area contributed by atoms with E-state index in [0.717, 1.165) is 39.1 Å². The van der Waals surface area contributed by atoms with Crippen molar-refractivity contribution in [1.29, 1.82) is 0 Å². The maximum absolute atomic E-state index is 6.31. The maximum Gasteiger partial charge on any atom is 0.234 e. The molecule has 1 aliphatic carbocycles. The molecule has 2 heterocycles. The summed E-state index contributed by atoms with van der Waals surface area (Å²) < 4.78 is 11.4. The lowest BCUT2D eigenvalue weighted by Gasteiger charge is -2.36. The van der Waals surface area contributed by atoms with Gasteiger partial charge >= 0.3 is 0 Å². The number of hydrogen-bond acceptors (Lipinski definition) is 6. The Morgan fingerprint density at radius 3 is 3.05 bits per heavy atom. The fourth-order valence-corrected chi connectivity index (χ4v) is 3.37. The summed E-state index contributed by atoms with van der Waals surface area (Å²) in [5.74, 6) is 1.35. The Labute approximate surface area is 126 Å². The minimum atomic E-state index is -0.192. The second-order valence-corrected chi connectivity index (χ2v) is 6.48. The molecule has 0 spiro atoms. The monoisotopic (exact) mass is 294 g/mol. The first-order valence-electron chi connectivity index (χ1n) is 8.07. The largest absolute Gasteiger partial charge is 0.367 e. The maximum atomic E-state index is 6.31. The first-order chi connectivity index (χ1) is 10.1. The van der Waals surface area contributed by atoms with Gasteiger partial charge in [0.05, 0.1) is 12.0 Å². The molecule has 0 bridgehead atoms. The topological polar surface area (TPSA) is 77.4 Å². The highest BCUT2D eigenvalue weighted by Gasteiger charge is 2.41. The van der Waals surface area contributed by atoms with Crippen LogP contribution in [0, 0.1) is 0 Å². The summed E-state index contributed by atoms with van der Waals surface area (Å²) in [6.07, 6.45) is 4.32. The van der Waals surface area contributed by atoms with Gasteiger partial charge in [0.25, 0.3) is 0 Å². The smallest absolute Gasteiger partial charge is 0.234 e. The van der Waals surface area contributed by atoms with E-state index in [1.54, 1.807) is 0 Å². The van der Waals surface area contributed by atoms with Gasteiger partial charge in [0, 0.05) is 19.1 Å². The molecule has 3 atom stereocenters. The third kappa shape index (κ3) is 2.84. The lowest BCUT2D eigenvalue weighted by atomic mass is 9.72. The van der Waals surface area contributed by atoms with Crippen molar-refractivity contribution in [3.8, 4) is 0 Å². The van der Waals surface area contributed by atoms with Gasteiger partial charge in [0.2, 0.25) is 11.7 Å². The van der Waals surface area contributed by atoms with Crippen LogP contribution in [0.25, 0.3) is 0 Å². The van der Waals surface area contributed by atoms with Gasteiger partial charge in [-0.25, -0.2) is 0 Å². The summed E-state index contributed by atoms with van der Waals surface area (Å²) in [5.41, 5.74) is 6.12. The first kappa shape index (κ1) is 14.9. The van der Waals surface area contributed by atoms with Crippen LogP contribution in [0.1, 0.15) is 57.3 Å². The Morgan fingerprint density at radius 1 is 1.43 bits per heavy atom. The number of hydrogen-bond donors (Lipinski definition) is 1. The van der Waals surface area contributed by atoms with Gasteiger partial charge in [-0.3, -0.25) is 4.90 Å². The Bertz CT molecular complexity index is 478. The summed E-state index contributed by atoms with van der Waals surface area (Å²) >= 11 is 0. The molecule has 1 aromatic rings. The van der Waals surface area contributed by atoms with Crippen molar-refractivity contribution >= 4 is 0 Å². The second kappa shape index (κ2) is 6.02. The van der Waals surface area contributed by atoms with Crippen molar-refractivity contribution < 1.29 is 9.26 Å². The molecule has 1 saturated carbocycles. The summed E-state index contributed by atoms with van der Waals surface area (Å²) in [6.45, 7) is 7.85. The summed E-state index contributed by atoms with van der Waals surface area (Å²) in [7, 11) is 0. The Balaban J connectivity index is 1.76. The molecule has 1 aromatic heterocycles. The molecule has 3 rings (SSSR count). The molecule has 3 unspecified atom stereocenters. The van der Waals surface area contributed by atoms with E-state index in [4.69, 9.17) is 15.0 Å². The van der Waals surface area contributed by atoms with E-state index < -0.39 is 0 Å². The van der Waals surface area contributed by atoms with E-state index in [1.165, 1.54) is 12.8 Å². The Hall–Kier alpha value is -0.980. The molecule has 1 aliphatic heterocycles. The van der Waals surface area contributed by atoms with E-state index in [2.05, 4.69) is 28.9 Å². The van der Waals surface area contributed by atoms with E-state index in [9.17, 15) is 0 Å². The van der Waals surface area contributed by atoms with E-state index >= 15 is 0 Å². The number of rotatable bonds is 3. The highest BCUT2D eigenvalue weighted by molar-refractivity contribution is 5.11. The minimum absolute atomic E-state index is 0.0837. The molecular formula is C15H26N4O2. The predicted octanol–water partition coefficient (Wildman–Crippen LogP) is 1.62. The summed E-state index contributed by atoms with van der Waals surface area (Å²) in [5, 5.41) is 4.17. The van der Waals surface area contributed by atoms with Crippen molar-refractivity contribution in [2.75, 3.05) is 26.2 Å². The molecule has 6 heteroatoms. The van der Waals surface area contributed by atoms with Gasteiger partial charge in [-0.15, -0.1) is 0 Å². The zero-order valence-electron chi connectivity index (χ0n) is 13.0. The van der Waals surface area contributed by atoms with Gasteiger partial charge < -0.3 is 15.0 Å². The standard InChI is InChI=1S/C15H26N4O2/c1-3-19-8-9-20-11(10-19)13-17-14(21-18-13)15(2)7-5-4-6-12(15)16/h11-12H,3-10,16H2,1-2H3. The van der Waals surface area contributed by atoms with Crippen LogP contribution < -0.4 is 5.73 Å². The normalized spacial score (nSPS) is 35.0. The summed E-state index contributed by atoms with van der Waals surface area (Å²) in [4.78, 5) is 6.98. The fraction of sp³-hybridized carbons (Fsp3) is 0.867. The van der Waals surface area contributed by atoms with Crippen molar-refractivity contribution in [2.45, 2.75) is 57.1 Å². The van der Waals surface area contributed by atoms with Crippen molar-refractivity contribution in [2.24, 2.45) is 5.73 Å².